The molecule has 0 fully saturated rings. The van der Waals surface area contributed by atoms with Crippen LogP contribution >= 0.6 is 0 Å². The van der Waals surface area contributed by atoms with Crippen molar-refractivity contribution in [1.29, 1.82) is 0 Å². The van der Waals surface area contributed by atoms with Gasteiger partial charge in [-0.15, -0.1) is 0 Å². The number of hydrogen-bond acceptors (Lipinski definition) is 6. The van der Waals surface area contributed by atoms with Crippen molar-refractivity contribution in [3.63, 3.8) is 0 Å². The van der Waals surface area contributed by atoms with Crippen LogP contribution in [0.3, 0.4) is 0 Å². The van der Waals surface area contributed by atoms with Crippen LogP contribution in [0.1, 0.15) is 19.9 Å². The molecule has 0 radical (unpaired) electrons. The summed E-state index contributed by atoms with van der Waals surface area (Å²) in [6.07, 6.45) is 3.25. The number of pyridine rings is 1. The number of anilines is 1. The number of rotatable bonds is 5. The van der Waals surface area contributed by atoms with Crippen molar-refractivity contribution in [2.24, 2.45) is 0 Å². The first kappa shape index (κ1) is 13.8. The molecule has 0 aromatic carbocycles. The maximum Gasteiger partial charge on any atom is 0.278 e. The zero-order chi connectivity index (χ0) is 14.7. The maximum atomic E-state index is 10.8. The summed E-state index contributed by atoms with van der Waals surface area (Å²) in [5, 5.41) is 17.7. The van der Waals surface area contributed by atoms with Crippen LogP contribution in [0.5, 0.6) is 11.6 Å². The molecule has 0 unspecified atom stereocenters. The SMILES string of the molecule is CNc1cc([N+](=O)[O-])cc(Oc2cnn(C(C)C)c2)n1. The highest BCUT2D eigenvalue weighted by molar-refractivity contribution is 5.48. The van der Waals surface area contributed by atoms with Crippen molar-refractivity contribution < 1.29 is 9.66 Å². The lowest BCUT2D eigenvalue weighted by atomic mass is 10.4. The largest absolute Gasteiger partial charge is 0.435 e. The fourth-order valence-electron chi connectivity index (χ4n) is 1.55. The van der Waals surface area contributed by atoms with Crippen LogP contribution in [0.2, 0.25) is 0 Å². The molecule has 2 heterocycles. The third-order valence-electron chi connectivity index (χ3n) is 2.58. The summed E-state index contributed by atoms with van der Waals surface area (Å²) in [5.74, 6) is 0.992. The highest BCUT2D eigenvalue weighted by Gasteiger charge is 2.13. The quantitative estimate of drug-likeness (QED) is 0.666. The van der Waals surface area contributed by atoms with Crippen molar-refractivity contribution >= 4 is 11.5 Å². The molecule has 8 heteroatoms. The van der Waals surface area contributed by atoms with Gasteiger partial charge in [0.2, 0.25) is 5.88 Å². The Hall–Kier alpha value is -2.64. The predicted molar refractivity (Wildman–Crippen MR) is 73.1 cm³/mol. The summed E-state index contributed by atoms with van der Waals surface area (Å²) < 4.78 is 7.23. The van der Waals surface area contributed by atoms with Crippen LogP contribution in [0.15, 0.2) is 24.5 Å². The van der Waals surface area contributed by atoms with Gasteiger partial charge in [0.15, 0.2) is 5.75 Å². The molecule has 2 rings (SSSR count). The summed E-state index contributed by atoms with van der Waals surface area (Å²) in [6, 6.07) is 2.82. The molecular formula is C12H15N5O3. The highest BCUT2D eigenvalue weighted by Crippen LogP contribution is 2.26. The lowest BCUT2D eigenvalue weighted by molar-refractivity contribution is -0.384. The fourth-order valence-corrected chi connectivity index (χ4v) is 1.55. The smallest absolute Gasteiger partial charge is 0.278 e. The number of ether oxygens (including phenoxy) is 1. The van der Waals surface area contributed by atoms with E-state index in [-0.39, 0.29) is 17.6 Å². The van der Waals surface area contributed by atoms with E-state index in [1.54, 1.807) is 24.1 Å². The predicted octanol–water partition coefficient (Wildman–Crippen LogP) is 2.60. The van der Waals surface area contributed by atoms with Crippen LogP contribution in [0.4, 0.5) is 11.5 Å². The Kier molecular flexibility index (Phi) is 3.83. The van der Waals surface area contributed by atoms with Crippen LogP contribution in [0.25, 0.3) is 0 Å². The number of nitro groups is 1. The van der Waals surface area contributed by atoms with Gasteiger partial charge in [-0.05, 0) is 13.8 Å². The van der Waals surface area contributed by atoms with Gasteiger partial charge in [-0.3, -0.25) is 14.8 Å². The van der Waals surface area contributed by atoms with E-state index < -0.39 is 4.92 Å². The van der Waals surface area contributed by atoms with Crippen molar-refractivity contribution in [2.75, 3.05) is 12.4 Å². The Labute approximate surface area is 115 Å². The molecule has 8 nitrogen and oxygen atoms in total. The van der Waals surface area contributed by atoms with Gasteiger partial charge in [0.1, 0.15) is 5.82 Å². The Bertz CT molecular complexity index is 623. The van der Waals surface area contributed by atoms with Crippen LogP contribution in [-0.2, 0) is 0 Å². The van der Waals surface area contributed by atoms with Gasteiger partial charge in [0, 0.05) is 13.1 Å². The monoisotopic (exact) mass is 277 g/mol. The average molecular weight is 277 g/mol. The van der Waals surface area contributed by atoms with Crippen molar-refractivity contribution in [3.8, 4) is 11.6 Å². The van der Waals surface area contributed by atoms with E-state index in [1.165, 1.54) is 12.1 Å². The Morgan fingerprint density at radius 1 is 1.45 bits per heavy atom. The standard InChI is InChI=1S/C12H15N5O3/c1-8(2)16-7-10(6-14-16)20-12-5-9(17(18)19)4-11(13-3)15-12/h4-8H,1-3H3,(H,13,15). The van der Waals surface area contributed by atoms with Crippen molar-refractivity contribution in [3.05, 3.63) is 34.6 Å². The van der Waals surface area contributed by atoms with E-state index in [0.717, 1.165) is 0 Å². The van der Waals surface area contributed by atoms with Crippen LogP contribution in [-0.4, -0.2) is 26.7 Å². The van der Waals surface area contributed by atoms with Gasteiger partial charge in [-0.1, -0.05) is 0 Å². The van der Waals surface area contributed by atoms with E-state index in [4.69, 9.17) is 4.74 Å². The second-order valence-electron chi connectivity index (χ2n) is 4.41. The van der Waals surface area contributed by atoms with Gasteiger partial charge >= 0.3 is 0 Å². The molecule has 0 bridgehead atoms. The van der Waals surface area contributed by atoms with E-state index in [1.807, 2.05) is 13.8 Å². The molecule has 0 aliphatic heterocycles. The summed E-state index contributed by atoms with van der Waals surface area (Å²) in [7, 11) is 1.63. The average Bonchev–Trinajstić information content (AvgIpc) is 2.87. The van der Waals surface area contributed by atoms with Crippen LogP contribution < -0.4 is 10.1 Å². The van der Waals surface area contributed by atoms with Crippen LogP contribution in [0, 0.1) is 10.1 Å². The molecule has 0 saturated carbocycles. The Morgan fingerprint density at radius 3 is 2.75 bits per heavy atom. The van der Waals surface area contributed by atoms with E-state index in [0.29, 0.717) is 11.6 Å². The summed E-state index contributed by atoms with van der Waals surface area (Å²) in [4.78, 5) is 14.5. The molecule has 2 aromatic heterocycles. The van der Waals surface area contributed by atoms with Gasteiger partial charge in [-0.2, -0.15) is 10.1 Å². The minimum absolute atomic E-state index is 0.0874. The second kappa shape index (κ2) is 5.55. The first-order chi connectivity index (χ1) is 9.49. The molecular weight excluding hydrogens is 262 g/mol. The maximum absolute atomic E-state index is 10.8. The molecule has 2 aromatic rings. The fraction of sp³-hybridized carbons (Fsp3) is 0.333. The Morgan fingerprint density at radius 2 is 2.20 bits per heavy atom. The first-order valence-corrected chi connectivity index (χ1v) is 6.06. The van der Waals surface area contributed by atoms with Gasteiger partial charge in [0.25, 0.3) is 5.69 Å². The van der Waals surface area contributed by atoms with Gasteiger partial charge in [0.05, 0.1) is 29.4 Å². The van der Waals surface area contributed by atoms with Gasteiger partial charge < -0.3 is 10.1 Å². The first-order valence-electron chi connectivity index (χ1n) is 6.06. The minimum atomic E-state index is -0.493. The zero-order valence-electron chi connectivity index (χ0n) is 11.4. The normalized spacial score (nSPS) is 10.6. The third kappa shape index (κ3) is 3.02. The molecule has 0 saturated heterocycles. The number of aromatic nitrogens is 3. The summed E-state index contributed by atoms with van der Waals surface area (Å²) in [6.45, 7) is 3.98. The number of nitrogens with one attached hydrogen (secondary N) is 1. The van der Waals surface area contributed by atoms with Gasteiger partial charge in [-0.25, -0.2) is 0 Å². The van der Waals surface area contributed by atoms with E-state index >= 15 is 0 Å². The lowest BCUT2D eigenvalue weighted by Gasteiger charge is -2.05. The lowest BCUT2D eigenvalue weighted by Crippen LogP contribution is -2.00. The molecule has 0 spiro atoms. The summed E-state index contributed by atoms with van der Waals surface area (Å²) in [5.41, 5.74) is -0.0874. The van der Waals surface area contributed by atoms with E-state index in [9.17, 15) is 10.1 Å². The summed E-state index contributed by atoms with van der Waals surface area (Å²) >= 11 is 0. The molecule has 0 atom stereocenters. The van der Waals surface area contributed by atoms with Crippen molar-refractivity contribution in [1.82, 2.24) is 14.8 Å². The molecule has 1 N–H and O–H groups in total. The molecule has 0 aliphatic carbocycles. The Balaban J connectivity index is 2.27. The molecule has 20 heavy (non-hydrogen) atoms. The number of nitrogens with zero attached hydrogens (tertiary/aromatic N) is 4. The minimum Gasteiger partial charge on any atom is -0.435 e. The van der Waals surface area contributed by atoms with E-state index in [2.05, 4.69) is 15.4 Å². The molecule has 106 valence electrons. The number of hydrogen-bond donors (Lipinski definition) is 1. The highest BCUT2D eigenvalue weighted by atomic mass is 16.6. The molecule has 0 aliphatic rings. The topological polar surface area (TPSA) is 95.1 Å². The second-order valence-corrected chi connectivity index (χ2v) is 4.41. The zero-order valence-corrected chi connectivity index (χ0v) is 11.4. The van der Waals surface area contributed by atoms with Crippen molar-refractivity contribution in [2.45, 2.75) is 19.9 Å². The third-order valence-corrected chi connectivity index (χ3v) is 2.58. The molecule has 0 amide bonds.